The highest BCUT2D eigenvalue weighted by Crippen LogP contribution is 2.29. The molecule has 0 aliphatic heterocycles. The van der Waals surface area contributed by atoms with Crippen molar-refractivity contribution in [1.29, 1.82) is 0 Å². The van der Waals surface area contributed by atoms with E-state index in [1.54, 1.807) is 12.1 Å². The second kappa shape index (κ2) is 7.73. The molecule has 4 heteroatoms. The summed E-state index contributed by atoms with van der Waals surface area (Å²) in [6.07, 6.45) is 3.54. The molecule has 122 valence electrons. The standard InChI is InChI=1S/C18H27FN2O/c1-13-5-4-6-17(14(13)2)20-18(22)12-21(3)11-15-7-9-16(19)10-8-15/h7-10,13-14,17H,4-6,11-12H2,1-3H3,(H,20,22)/t13-,14-,17+/m1/s1. The fourth-order valence-corrected chi connectivity index (χ4v) is 3.24. The Morgan fingerprint density at radius 3 is 2.64 bits per heavy atom. The summed E-state index contributed by atoms with van der Waals surface area (Å²) in [5, 5.41) is 3.18. The summed E-state index contributed by atoms with van der Waals surface area (Å²) >= 11 is 0. The average molecular weight is 306 g/mol. The van der Waals surface area contributed by atoms with Crippen molar-refractivity contribution in [1.82, 2.24) is 10.2 Å². The monoisotopic (exact) mass is 306 g/mol. The van der Waals surface area contributed by atoms with Crippen LogP contribution in [0, 0.1) is 17.7 Å². The highest BCUT2D eigenvalue weighted by Gasteiger charge is 2.28. The second-order valence-corrected chi connectivity index (χ2v) is 6.74. The molecule has 0 radical (unpaired) electrons. The van der Waals surface area contributed by atoms with Crippen LogP contribution in [0.5, 0.6) is 0 Å². The lowest BCUT2D eigenvalue weighted by atomic mass is 9.78. The van der Waals surface area contributed by atoms with Gasteiger partial charge in [-0.05, 0) is 43.0 Å². The Labute approximate surface area is 132 Å². The minimum Gasteiger partial charge on any atom is -0.352 e. The molecule has 0 spiro atoms. The topological polar surface area (TPSA) is 32.3 Å². The second-order valence-electron chi connectivity index (χ2n) is 6.74. The van der Waals surface area contributed by atoms with Gasteiger partial charge in [0, 0.05) is 12.6 Å². The van der Waals surface area contributed by atoms with E-state index in [0.29, 0.717) is 31.0 Å². The molecule has 3 atom stereocenters. The van der Waals surface area contributed by atoms with Crippen molar-refractivity contribution in [3.05, 3.63) is 35.6 Å². The minimum atomic E-state index is -0.232. The van der Waals surface area contributed by atoms with E-state index in [1.807, 2.05) is 11.9 Å². The van der Waals surface area contributed by atoms with Gasteiger partial charge in [-0.3, -0.25) is 9.69 Å². The predicted octanol–water partition coefficient (Wildman–Crippen LogP) is 3.20. The molecule has 0 unspecified atom stereocenters. The van der Waals surface area contributed by atoms with Crippen LogP contribution >= 0.6 is 0 Å². The van der Waals surface area contributed by atoms with Gasteiger partial charge in [0.15, 0.2) is 0 Å². The first-order valence-electron chi connectivity index (χ1n) is 8.18. The fourth-order valence-electron chi connectivity index (χ4n) is 3.24. The van der Waals surface area contributed by atoms with E-state index in [2.05, 4.69) is 19.2 Å². The van der Waals surface area contributed by atoms with Crippen LogP contribution in [0.15, 0.2) is 24.3 Å². The summed E-state index contributed by atoms with van der Waals surface area (Å²) in [6, 6.07) is 6.72. The van der Waals surface area contributed by atoms with E-state index in [9.17, 15) is 9.18 Å². The minimum absolute atomic E-state index is 0.0792. The van der Waals surface area contributed by atoms with E-state index in [4.69, 9.17) is 0 Å². The maximum absolute atomic E-state index is 12.9. The predicted molar refractivity (Wildman–Crippen MR) is 86.8 cm³/mol. The van der Waals surface area contributed by atoms with E-state index in [0.717, 1.165) is 12.0 Å². The highest BCUT2D eigenvalue weighted by molar-refractivity contribution is 5.78. The van der Waals surface area contributed by atoms with Gasteiger partial charge in [-0.25, -0.2) is 4.39 Å². The largest absolute Gasteiger partial charge is 0.352 e. The van der Waals surface area contributed by atoms with Crippen LogP contribution in [0.1, 0.15) is 38.7 Å². The number of hydrogen-bond donors (Lipinski definition) is 1. The number of hydrogen-bond acceptors (Lipinski definition) is 2. The van der Waals surface area contributed by atoms with E-state index < -0.39 is 0 Å². The van der Waals surface area contributed by atoms with Gasteiger partial charge in [-0.2, -0.15) is 0 Å². The SMILES string of the molecule is C[C@@H]1[C@H](C)CCC[C@@H]1NC(=O)CN(C)Cc1ccc(F)cc1. The number of rotatable bonds is 5. The molecule has 1 amide bonds. The van der Waals surface area contributed by atoms with Crippen molar-refractivity contribution >= 4 is 5.91 Å². The fraction of sp³-hybridized carbons (Fsp3) is 0.611. The number of amides is 1. The van der Waals surface area contributed by atoms with Crippen LogP contribution in [0.3, 0.4) is 0 Å². The van der Waals surface area contributed by atoms with Crippen molar-refractivity contribution in [2.75, 3.05) is 13.6 Å². The maximum atomic E-state index is 12.9. The molecule has 0 bridgehead atoms. The molecule has 0 heterocycles. The molecule has 1 aliphatic carbocycles. The summed E-state index contributed by atoms with van der Waals surface area (Å²) in [4.78, 5) is 14.2. The number of benzene rings is 1. The summed E-state index contributed by atoms with van der Waals surface area (Å²) in [7, 11) is 1.91. The van der Waals surface area contributed by atoms with Gasteiger partial charge in [-0.15, -0.1) is 0 Å². The Kier molecular flexibility index (Phi) is 5.95. The Morgan fingerprint density at radius 1 is 1.27 bits per heavy atom. The average Bonchev–Trinajstić information content (AvgIpc) is 2.46. The van der Waals surface area contributed by atoms with Crippen molar-refractivity contribution in [3.8, 4) is 0 Å². The van der Waals surface area contributed by atoms with Gasteiger partial charge in [0.2, 0.25) is 5.91 Å². The maximum Gasteiger partial charge on any atom is 0.234 e. The summed E-state index contributed by atoms with van der Waals surface area (Å²) < 4.78 is 12.9. The first-order valence-corrected chi connectivity index (χ1v) is 8.18. The molecule has 22 heavy (non-hydrogen) atoms. The smallest absolute Gasteiger partial charge is 0.234 e. The molecule has 1 aliphatic rings. The Hall–Kier alpha value is -1.42. The molecular weight excluding hydrogens is 279 g/mol. The number of likely N-dealkylation sites (N-methyl/N-ethyl adjacent to an activating group) is 1. The number of carbonyl (C=O) groups is 1. The van der Waals surface area contributed by atoms with Gasteiger partial charge in [-0.1, -0.05) is 38.8 Å². The quantitative estimate of drug-likeness (QED) is 0.906. The Morgan fingerprint density at radius 2 is 1.95 bits per heavy atom. The van der Waals surface area contributed by atoms with Gasteiger partial charge < -0.3 is 5.32 Å². The highest BCUT2D eigenvalue weighted by atomic mass is 19.1. The molecule has 1 fully saturated rings. The van der Waals surface area contributed by atoms with Crippen LogP contribution in [0.25, 0.3) is 0 Å². The molecule has 0 saturated heterocycles. The molecule has 3 nitrogen and oxygen atoms in total. The van der Waals surface area contributed by atoms with E-state index in [-0.39, 0.29) is 11.7 Å². The molecule has 0 aromatic heterocycles. The Balaban J connectivity index is 1.79. The molecule has 2 rings (SSSR count). The molecule has 1 saturated carbocycles. The zero-order chi connectivity index (χ0) is 16.1. The van der Waals surface area contributed by atoms with E-state index in [1.165, 1.54) is 25.0 Å². The van der Waals surface area contributed by atoms with Crippen LogP contribution in [0.2, 0.25) is 0 Å². The third-order valence-electron chi connectivity index (χ3n) is 4.83. The zero-order valence-electron chi connectivity index (χ0n) is 13.8. The zero-order valence-corrected chi connectivity index (χ0v) is 13.8. The lowest BCUT2D eigenvalue weighted by Gasteiger charge is -2.35. The number of halogens is 1. The van der Waals surface area contributed by atoms with E-state index >= 15 is 0 Å². The molecule has 1 N–H and O–H groups in total. The molecule has 1 aromatic rings. The number of nitrogens with zero attached hydrogens (tertiary/aromatic N) is 1. The third-order valence-corrected chi connectivity index (χ3v) is 4.83. The first-order chi connectivity index (χ1) is 10.5. The van der Waals surface area contributed by atoms with Crippen LogP contribution in [-0.4, -0.2) is 30.4 Å². The molecular formula is C18H27FN2O. The summed E-state index contributed by atoms with van der Waals surface area (Å²) in [6.45, 7) is 5.51. The van der Waals surface area contributed by atoms with Crippen molar-refractivity contribution < 1.29 is 9.18 Å². The molecule has 1 aromatic carbocycles. The van der Waals surface area contributed by atoms with Gasteiger partial charge in [0.1, 0.15) is 5.82 Å². The summed E-state index contributed by atoms with van der Waals surface area (Å²) in [5.41, 5.74) is 1.01. The van der Waals surface area contributed by atoms with Gasteiger partial charge in [0.05, 0.1) is 6.54 Å². The van der Waals surface area contributed by atoms with Crippen LogP contribution < -0.4 is 5.32 Å². The van der Waals surface area contributed by atoms with Gasteiger partial charge in [0.25, 0.3) is 0 Å². The van der Waals surface area contributed by atoms with Crippen LogP contribution in [-0.2, 0) is 11.3 Å². The lowest BCUT2D eigenvalue weighted by molar-refractivity contribution is -0.123. The number of carbonyl (C=O) groups excluding carboxylic acids is 1. The summed E-state index contributed by atoms with van der Waals surface area (Å²) in [5.74, 6) is 1.07. The van der Waals surface area contributed by atoms with Crippen molar-refractivity contribution in [3.63, 3.8) is 0 Å². The van der Waals surface area contributed by atoms with Crippen molar-refractivity contribution in [2.24, 2.45) is 11.8 Å². The van der Waals surface area contributed by atoms with Crippen LogP contribution in [0.4, 0.5) is 4.39 Å². The number of nitrogens with one attached hydrogen (secondary N) is 1. The first kappa shape index (κ1) is 16.9. The Bertz CT molecular complexity index is 488. The lowest BCUT2D eigenvalue weighted by Crippen LogP contribution is -2.46. The third kappa shape index (κ3) is 4.80. The van der Waals surface area contributed by atoms with Gasteiger partial charge >= 0.3 is 0 Å². The van der Waals surface area contributed by atoms with Crippen molar-refractivity contribution in [2.45, 2.75) is 45.7 Å². The normalized spacial score (nSPS) is 25.2.